The molecular weight excluding hydrogens is 120 g/mol. The van der Waals surface area contributed by atoms with Crippen molar-refractivity contribution >= 4 is 15.7 Å². The van der Waals surface area contributed by atoms with Crippen LogP contribution in [0.4, 0.5) is 0 Å². The Labute approximate surface area is 66.8 Å². The fraction of sp³-hybridized carbons (Fsp3) is 1.00. The molecule has 0 fully saturated rings. The highest BCUT2D eigenvalue weighted by Gasteiger charge is 2.09. The SMILES string of the molecule is BC(C)C(B)CC(C)NC. The summed E-state index contributed by atoms with van der Waals surface area (Å²) in [5.41, 5.74) is 0. The summed E-state index contributed by atoms with van der Waals surface area (Å²) in [6, 6.07) is 0.664. The third-order valence-electron chi connectivity index (χ3n) is 2.36. The molecule has 3 atom stereocenters. The Bertz CT molecular complexity index is 85.7. The topological polar surface area (TPSA) is 12.0 Å². The summed E-state index contributed by atoms with van der Waals surface area (Å²) in [5, 5.41) is 3.25. The summed E-state index contributed by atoms with van der Waals surface area (Å²) < 4.78 is 0. The molecule has 0 aromatic heterocycles. The van der Waals surface area contributed by atoms with Crippen LogP contribution in [0.5, 0.6) is 0 Å². The third-order valence-corrected chi connectivity index (χ3v) is 2.36. The maximum atomic E-state index is 3.25. The lowest BCUT2D eigenvalue weighted by molar-refractivity contribution is 0.537. The van der Waals surface area contributed by atoms with Gasteiger partial charge in [0.05, 0.1) is 0 Å². The van der Waals surface area contributed by atoms with E-state index >= 15 is 0 Å². The Morgan fingerprint density at radius 2 is 1.80 bits per heavy atom. The van der Waals surface area contributed by atoms with Gasteiger partial charge in [-0.25, -0.2) is 0 Å². The Morgan fingerprint density at radius 1 is 1.30 bits per heavy atom. The summed E-state index contributed by atoms with van der Waals surface area (Å²) >= 11 is 0. The first kappa shape index (κ1) is 10.1. The highest BCUT2D eigenvalue weighted by molar-refractivity contribution is 6.21. The van der Waals surface area contributed by atoms with Crippen molar-refractivity contribution in [1.82, 2.24) is 5.32 Å². The second-order valence-corrected chi connectivity index (χ2v) is 3.65. The quantitative estimate of drug-likeness (QED) is 0.533. The van der Waals surface area contributed by atoms with Gasteiger partial charge in [0, 0.05) is 6.04 Å². The molecule has 0 bridgehead atoms. The third kappa shape index (κ3) is 3.99. The first-order valence-corrected chi connectivity index (χ1v) is 4.25. The minimum atomic E-state index is 0.664. The monoisotopic (exact) mass is 139 g/mol. The molecule has 0 aromatic rings. The average Bonchev–Trinajstić information content (AvgIpc) is 1.87. The second-order valence-electron chi connectivity index (χ2n) is 3.65. The van der Waals surface area contributed by atoms with Gasteiger partial charge in [-0.2, -0.15) is 0 Å². The van der Waals surface area contributed by atoms with Gasteiger partial charge in [-0.15, -0.1) is 0 Å². The molecule has 58 valence electrons. The maximum Gasteiger partial charge on any atom is 0.104 e. The van der Waals surface area contributed by atoms with Gasteiger partial charge in [0.25, 0.3) is 0 Å². The van der Waals surface area contributed by atoms with Crippen LogP contribution in [0.15, 0.2) is 0 Å². The summed E-state index contributed by atoms with van der Waals surface area (Å²) in [5.74, 6) is 1.65. The van der Waals surface area contributed by atoms with Gasteiger partial charge < -0.3 is 5.32 Å². The lowest BCUT2D eigenvalue weighted by Crippen LogP contribution is -2.23. The molecule has 3 heteroatoms. The van der Waals surface area contributed by atoms with Gasteiger partial charge in [-0.3, -0.25) is 0 Å². The Morgan fingerprint density at radius 3 is 2.10 bits per heavy atom. The van der Waals surface area contributed by atoms with Crippen molar-refractivity contribution in [3.05, 3.63) is 0 Å². The molecule has 0 rings (SSSR count). The van der Waals surface area contributed by atoms with E-state index in [0.717, 1.165) is 11.6 Å². The van der Waals surface area contributed by atoms with Crippen LogP contribution in [0, 0.1) is 0 Å². The summed E-state index contributed by atoms with van der Waals surface area (Å²) in [6.07, 6.45) is 1.29. The predicted octanol–water partition coefficient (Wildman–Crippen LogP) is -0.153. The Hall–Kier alpha value is 0.0899. The Balaban J connectivity index is 3.46. The number of nitrogens with one attached hydrogen (secondary N) is 1. The molecule has 1 nitrogen and oxygen atoms in total. The lowest BCUT2D eigenvalue weighted by Gasteiger charge is -2.19. The largest absolute Gasteiger partial charge is 0.317 e. The molecule has 0 aliphatic heterocycles. The second kappa shape index (κ2) is 4.84. The van der Waals surface area contributed by atoms with Crippen molar-refractivity contribution in [3.8, 4) is 0 Å². The van der Waals surface area contributed by atoms with E-state index in [2.05, 4.69) is 34.9 Å². The fourth-order valence-electron chi connectivity index (χ4n) is 0.948. The molecule has 0 radical (unpaired) electrons. The van der Waals surface area contributed by atoms with Crippen molar-refractivity contribution in [2.24, 2.45) is 0 Å². The molecular formula is C7H19B2N. The number of hydrogen-bond acceptors (Lipinski definition) is 1. The predicted molar refractivity (Wildman–Crippen MR) is 53.4 cm³/mol. The fourth-order valence-corrected chi connectivity index (χ4v) is 0.948. The van der Waals surface area contributed by atoms with E-state index in [9.17, 15) is 0 Å². The zero-order valence-corrected chi connectivity index (χ0v) is 7.94. The van der Waals surface area contributed by atoms with E-state index in [1.807, 2.05) is 7.05 Å². The van der Waals surface area contributed by atoms with Crippen LogP contribution >= 0.6 is 0 Å². The van der Waals surface area contributed by atoms with Crippen molar-refractivity contribution in [1.29, 1.82) is 0 Å². The molecule has 0 spiro atoms. The van der Waals surface area contributed by atoms with Gasteiger partial charge in [-0.1, -0.05) is 18.6 Å². The van der Waals surface area contributed by atoms with E-state index in [1.54, 1.807) is 0 Å². The van der Waals surface area contributed by atoms with Gasteiger partial charge in [0.2, 0.25) is 0 Å². The van der Waals surface area contributed by atoms with Crippen LogP contribution in [-0.4, -0.2) is 28.8 Å². The van der Waals surface area contributed by atoms with Gasteiger partial charge in [0.1, 0.15) is 15.7 Å². The summed E-state index contributed by atoms with van der Waals surface area (Å²) in [7, 11) is 6.63. The van der Waals surface area contributed by atoms with Crippen molar-refractivity contribution in [2.45, 2.75) is 37.9 Å². The number of rotatable bonds is 4. The zero-order valence-electron chi connectivity index (χ0n) is 7.94. The maximum absolute atomic E-state index is 3.25. The molecule has 0 aromatic carbocycles. The summed E-state index contributed by atoms with van der Waals surface area (Å²) in [4.78, 5) is 0. The van der Waals surface area contributed by atoms with Crippen LogP contribution in [0.25, 0.3) is 0 Å². The molecule has 0 aliphatic rings. The highest BCUT2D eigenvalue weighted by atomic mass is 14.8. The van der Waals surface area contributed by atoms with Crippen LogP contribution < -0.4 is 5.32 Å². The Kier molecular flexibility index (Phi) is 4.88. The van der Waals surface area contributed by atoms with E-state index in [4.69, 9.17) is 0 Å². The van der Waals surface area contributed by atoms with E-state index < -0.39 is 0 Å². The normalized spacial score (nSPS) is 19.9. The highest BCUT2D eigenvalue weighted by Crippen LogP contribution is 2.21. The van der Waals surface area contributed by atoms with Gasteiger partial charge in [0.15, 0.2) is 0 Å². The molecule has 10 heavy (non-hydrogen) atoms. The molecule has 0 saturated heterocycles. The number of hydrogen-bond donors (Lipinski definition) is 1. The minimum Gasteiger partial charge on any atom is -0.317 e. The molecule has 0 amide bonds. The molecule has 1 N–H and O–H groups in total. The summed E-state index contributed by atoms with van der Waals surface area (Å²) in [6.45, 7) is 4.52. The molecule has 0 heterocycles. The smallest absolute Gasteiger partial charge is 0.104 e. The van der Waals surface area contributed by atoms with E-state index in [1.165, 1.54) is 6.42 Å². The van der Waals surface area contributed by atoms with Gasteiger partial charge >= 0.3 is 0 Å². The van der Waals surface area contributed by atoms with Crippen LogP contribution in [-0.2, 0) is 0 Å². The van der Waals surface area contributed by atoms with E-state index in [-0.39, 0.29) is 0 Å². The molecule has 0 aliphatic carbocycles. The lowest BCUT2D eigenvalue weighted by atomic mass is 9.65. The van der Waals surface area contributed by atoms with Crippen LogP contribution in [0.1, 0.15) is 20.3 Å². The van der Waals surface area contributed by atoms with Crippen LogP contribution in [0.3, 0.4) is 0 Å². The molecule has 3 unspecified atom stereocenters. The first-order chi connectivity index (χ1) is 4.57. The van der Waals surface area contributed by atoms with Crippen molar-refractivity contribution in [3.63, 3.8) is 0 Å². The van der Waals surface area contributed by atoms with Crippen molar-refractivity contribution in [2.75, 3.05) is 7.05 Å². The first-order valence-electron chi connectivity index (χ1n) is 4.25. The minimum absolute atomic E-state index is 0.664. The van der Waals surface area contributed by atoms with E-state index in [0.29, 0.717) is 6.04 Å². The average molecular weight is 139 g/mol. The van der Waals surface area contributed by atoms with Gasteiger partial charge in [-0.05, 0) is 20.4 Å². The molecule has 0 saturated carbocycles. The van der Waals surface area contributed by atoms with Crippen molar-refractivity contribution < 1.29 is 0 Å². The zero-order chi connectivity index (χ0) is 8.15. The van der Waals surface area contributed by atoms with Crippen LogP contribution in [0.2, 0.25) is 11.6 Å². The standard InChI is InChI=1S/C7H19B2N/c1-5(10-3)4-7(9)6(2)8/h5-7,10H,4,8-9H2,1-3H3.